The molecule has 32 heavy (non-hydrogen) atoms. The Bertz CT molecular complexity index is 1140. The molecule has 1 heterocycles. The van der Waals surface area contributed by atoms with Crippen LogP contribution in [0, 0.1) is 0 Å². The van der Waals surface area contributed by atoms with Crippen LogP contribution < -0.4 is 20.7 Å². The Morgan fingerprint density at radius 1 is 0.938 bits per heavy atom. The molecule has 3 aromatic carbocycles. The summed E-state index contributed by atoms with van der Waals surface area (Å²) < 4.78 is 5.88. The molecule has 6 nitrogen and oxygen atoms in total. The third-order valence-corrected chi connectivity index (χ3v) is 4.93. The zero-order valence-corrected chi connectivity index (χ0v) is 17.7. The minimum Gasteiger partial charge on any atom is -0.457 e. The van der Waals surface area contributed by atoms with Crippen molar-refractivity contribution in [2.45, 2.75) is 12.7 Å². The molecule has 1 atom stereocenters. The number of aliphatic imine (C=N–C) groups is 1. The van der Waals surface area contributed by atoms with E-state index in [1.807, 2.05) is 98.1 Å². The Hall–Kier alpha value is -4.32. The van der Waals surface area contributed by atoms with Gasteiger partial charge in [-0.25, -0.2) is 4.99 Å². The van der Waals surface area contributed by atoms with Crippen LogP contribution in [-0.4, -0.2) is 18.4 Å². The second-order valence-corrected chi connectivity index (χ2v) is 7.25. The van der Waals surface area contributed by atoms with Gasteiger partial charge in [0.1, 0.15) is 17.8 Å². The molecule has 0 radical (unpaired) electrons. The maximum atomic E-state index is 11.0. The second-order valence-electron chi connectivity index (χ2n) is 7.25. The van der Waals surface area contributed by atoms with Crippen molar-refractivity contribution in [3.05, 3.63) is 103 Å². The summed E-state index contributed by atoms with van der Waals surface area (Å²) in [7, 11) is 0. The highest BCUT2D eigenvalue weighted by Gasteiger charge is 2.28. The molecule has 1 aliphatic heterocycles. The zero-order chi connectivity index (χ0) is 22.2. The van der Waals surface area contributed by atoms with Crippen molar-refractivity contribution in [1.29, 1.82) is 0 Å². The summed E-state index contributed by atoms with van der Waals surface area (Å²) in [5.41, 5.74) is 3.50. The predicted molar refractivity (Wildman–Crippen MR) is 130 cm³/mol. The van der Waals surface area contributed by atoms with Crippen molar-refractivity contribution in [2.24, 2.45) is 4.99 Å². The van der Waals surface area contributed by atoms with Gasteiger partial charge in [0.05, 0.1) is 6.34 Å². The molecule has 0 saturated carbocycles. The highest BCUT2D eigenvalue weighted by Crippen LogP contribution is 2.30. The van der Waals surface area contributed by atoms with Crippen LogP contribution in [-0.2, 0) is 4.79 Å². The highest BCUT2D eigenvalue weighted by atomic mass is 16.5. The number of hydrogen-bond donors (Lipinski definition) is 3. The molecular formula is C26H24N4O2. The smallest absolute Gasteiger partial charge is 0.228 e. The van der Waals surface area contributed by atoms with Crippen LogP contribution in [0.1, 0.15) is 12.5 Å². The van der Waals surface area contributed by atoms with E-state index in [9.17, 15) is 4.79 Å². The number of nitrogens with zero attached hydrogens (tertiary/aromatic N) is 1. The van der Waals surface area contributed by atoms with Gasteiger partial charge >= 0.3 is 0 Å². The van der Waals surface area contributed by atoms with Crippen molar-refractivity contribution in [3.63, 3.8) is 0 Å². The number of carbonyl (C=O) groups is 1. The second kappa shape index (κ2) is 9.66. The molecule has 4 rings (SSSR count). The maximum absolute atomic E-state index is 11.0. The van der Waals surface area contributed by atoms with Crippen LogP contribution in [0.15, 0.2) is 102 Å². The van der Waals surface area contributed by atoms with Gasteiger partial charge in [-0.05, 0) is 61.0 Å². The minimum atomic E-state index is -0.912. The Morgan fingerprint density at radius 2 is 1.66 bits per heavy atom. The van der Waals surface area contributed by atoms with Crippen LogP contribution in [0.4, 0.5) is 11.4 Å². The van der Waals surface area contributed by atoms with E-state index in [-0.39, 0.29) is 0 Å². The fourth-order valence-corrected chi connectivity index (χ4v) is 3.36. The number of benzene rings is 3. The third-order valence-electron chi connectivity index (χ3n) is 4.93. The van der Waals surface area contributed by atoms with E-state index in [0.717, 1.165) is 40.3 Å². The lowest BCUT2D eigenvalue weighted by Crippen LogP contribution is -2.45. The van der Waals surface area contributed by atoms with Crippen LogP contribution >= 0.6 is 0 Å². The summed E-state index contributed by atoms with van der Waals surface area (Å²) in [4.78, 5) is 15.6. The molecule has 0 aromatic heterocycles. The van der Waals surface area contributed by atoms with E-state index >= 15 is 0 Å². The minimum absolute atomic E-state index is 0.744. The summed E-state index contributed by atoms with van der Waals surface area (Å²) >= 11 is 0. The van der Waals surface area contributed by atoms with Crippen LogP contribution in [0.3, 0.4) is 0 Å². The summed E-state index contributed by atoms with van der Waals surface area (Å²) in [5, 5.41) is 9.91. The first-order chi connectivity index (χ1) is 15.7. The average Bonchev–Trinajstić information content (AvgIpc) is 2.82. The number of carbonyl (C=O) groups excluding carboxylic acids is 1. The van der Waals surface area contributed by atoms with Crippen LogP contribution in [0.2, 0.25) is 0 Å². The van der Waals surface area contributed by atoms with E-state index < -0.39 is 5.79 Å². The largest absolute Gasteiger partial charge is 0.457 e. The van der Waals surface area contributed by atoms with Crippen molar-refractivity contribution < 1.29 is 9.53 Å². The van der Waals surface area contributed by atoms with Gasteiger partial charge in [0.15, 0.2) is 0 Å². The zero-order valence-electron chi connectivity index (χ0n) is 17.7. The number of nitrogens with one attached hydrogen (secondary N) is 3. The van der Waals surface area contributed by atoms with E-state index in [1.165, 1.54) is 0 Å². The summed E-state index contributed by atoms with van der Waals surface area (Å²) in [6, 6.07) is 25.2. The fourth-order valence-electron chi connectivity index (χ4n) is 3.36. The van der Waals surface area contributed by atoms with Crippen molar-refractivity contribution in [2.75, 3.05) is 10.6 Å². The van der Waals surface area contributed by atoms with E-state index in [1.54, 1.807) is 12.4 Å². The number of para-hydroxylation sites is 2. The molecule has 0 amide bonds. The molecule has 3 aromatic rings. The van der Waals surface area contributed by atoms with Gasteiger partial charge in [-0.3, -0.25) is 4.79 Å². The lowest BCUT2D eigenvalue weighted by molar-refractivity contribution is -0.104. The Balaban J connectivity index is 1.57. The molecule has 6 heteroatoms. The van der Waals surface area contributed by atoms with Gasteiger partial charge in [-0.2, -0.15) is 0 Å². The molecule has 1 aliphatic rings. The number of anilines is 2. The fraction of sp³-hybridized carbons (Fsp3) is 0.0769. The number of ether oxygens (including phenoxy) is 1. The first-order valence-electron chi connectivity index (χ1n) is 10.3. The van der Waals surface area contributed by atoms with Crippen molar-refractivity contribution in [3.8, 4) is 11.5 Å². The summed E-state index contributed by atoms with van der Waals surface area (Å²) in [6.07, 6.45) is 7.69. The van der Waals surface area contributed by atoms with Gasteiger partial charge in [0.2, 0.25) is 5.79 Å². The van der Waals surface area contributed by atoms with Crippen LogP contribution in [0.25, 0.3) is 5.57 Å². The van der Waals surface area contributed by atoms with E-state index in [0.29, 0.717) is 0 Å². The van der Waals surface area contributed by atoms with Gasteiger partial charge in [-0.15, -0.1) is 0 Å². The Morgan fingerprint density at radius 3 is 2.38 bits per heavy atom. The normalized spacial score (nSPS) is 17.3. The van der Waals surface area contributed by atoms with Crippen molar-refractivity contribution in [1.82, 2.24) is 5.32 Å². The quantitative estimate of drug-likeness (QED) is 0.256. The topological polar surface area (TPSA) is 74.8 Å². The molecule has 0 bridgehead atoms. The molecule has 0 saturated heterocycles. The van der Waals surface area contributed by atoms with Crippen LogP contribution in [0.5, 0.6) is 11.5 Å². The lowest BCUT2D eigenvalue weighted by Gasteiger charge is -2.33. The lowest BCUT2D eigenvalue weighted by atomic mass is 10.0. The molecular weight excluding hydrogens is 400 g/mol. The van der Waals surface area contributed by atoms with Gasteiger partial charge in [-0.1, -0.05) is 36.4 Å². The monoisotopic (exact) mass is 424 g/mol. The molecule has 0 fully saturated rings. The van der Waals surface area contributed by atoms with E-state index in [2.05, 4.69) is 20.9 Å². The molecule has 0 aliphatic carbocycles. The molecule has 1 unspecified atom stereocenters. The standard InChI is InChI=1S/C26H24N4O2/c1-20(15-18-31)24-9-5-6-10-25(24)30-26(16-17-27-19-28-26)29-21-11-13-23(14-12-21)32-22-7-3-2-4-8-22/h2-19,29-30H,1H3,(H,27,28). The molecule has 3 N–H and O–H groups in total. The first kappa shape index (κ1) is 20.9. The van der Waals surface area contributed by atoms with E-state index in [4.69, 9.17) is 4.74 Å². The number of allylic oxidation sites excluding steroid dienone is 2. The van der Waals surface area contributed by atoms with Crippen molar-refractivity contribution >= 4 is 29.6 Å². The number of rotatable bonds is 8. The Labute approximate surface area is 187 Å². The predicted octanol–water partition coefficient (Wildman–Crippen LogP) is 5.40. The summed E-state index contributed by atoms with van der Waals surface area (Å²) in [6.45, 7) is 1.90. The number of hydrogen-bond acceptors (Lipinski definition) is 6. The summed E-state index contributed by atoms with van der Waals surface area (Å²) in [5.74, 6) is 0.616. The van der Waals surface area contributed by atoms with Gasteiger partial charge in [0, 0.05) is 29.2 Å². The van der Waals surface area contributed by atoms with Gasteiger partial charge in [0.25, 0.3) is 0 Å². The average molecular weight is 425 g/mol. The van der Waals surface area contributed by atoms with Gasteiger partial charge < -0.3 is 20.7 Å². The SMILES string of the molecule is CC(=CC=O)c1ccccc1NC1(Nc2ccc(Oc3ccccc3)cc2)C=CNC=N1. The maximum Gasteiger partial charge on any atom is 0.228 e. The number of aldehydes is 1. The first-order valence-corrected chi connectivity index (χ1v) is 10.3. The molecule has 0 spiro atoms. The highest BCUT2D eigenvalue weighted by molar-refractivity contribution is 5.85. The molecule has 160 valence electrons. The third kappa shape index (κ3) is 5.05. The Kier molecular flexibility index (Phi) is 6.32.